The lowest BCUT2D eigenvalue weighted by molar-refractivity contribution is 0.102. The average Bonchev–Trinajstić information content (AvgIpc) is 4.35. The van der Waals surface area contributed by atoms with Gasteiger partial charge in [0.25, 0.3) is 0 Å². The molecule has 13 rings (SSSR count). The van der Waals surface area contributed by atoms with Crippen molar-refractivity contribution in [3.05, 3.63) is 167 Å². The highest BCUT2D eigenvalue weighted by molar-refractivity contribution is 9.09. The number of rotatable bonds is 8. The number of ketones is 1. The van der Waals surface area contributed by atoms with E-state index in [1.165, 1.54) is 45.0 Å². The summed E-state index contributed by atoms with van der Waals surface area (Å²) in [6, 6.07) is 21.2. The van der Waals surface area contributed by atoms with Crippen LogP contribution in [0.5, 0.6) is 0 Å². The van der Waals surface area contributed by atoms with Gasteiger partial charge in [0, 0.05) is 136 Å². The Kier molecular flexibility index (Phi) is 19.6. The number of piperazine rings is 2. The fraction of sp³-hybridized carbons (Fsp3) is 0.317. The number of aromatic nitrogens is 5. The van der Waals surface area contributed by atoms with Crippen LogP contribution in [0.4, 0.5) is 19.6 Å². The van der Waals surface area contributed by atoms with Gasteiger partial charge < -0.3 is 39.8 Å². The number of anilines is 2. The number of halogens is 3. The number of thiazole rings is 3. The van der Waals surface area contributed by atoms with E-state index in [9.17, 15) is 28.0 Å². The van der Waals surface area contributed by atoms with Crippen LogP contribution in [0.25, 0.3) is 65.3 Å². The van der Waals surface area contributed by atoms with E-state index in [1.807, 2.05) is 51.8 Å². The zero-order chi connectivity index (χ0) is 59.1. The Morgan fingerprint density at radius 3 is 1.53 bits per heavy atom. The van der Waals surface area contributed by atoms with Crippen molar-refractivity contribution >= 4 is 109 Å². The van der Waals surface area contributed by atoms with Crippen LogP contribution in [0.15, 0.2) is 131 Å². The molecule has 0 bridgehead atoms. The Morgan fingerprint density at radius 2 is 1.10 bits per heavy atom. The van der Waals surface area contributed by atoms with Crippen molar-refractivity contribution in [1.29, 1.82) is 0 Å². The maximum atomic E-state index is 13.2. The third-order valence-electron chi connectivity index (χ3n) is 13.5. The van der Waals surface area contributed by atoms with Gasteiger partial charge in [-0.25, -0.2) is 38.1 Å². The van der Waals surface area contributed by atoms with Crippen molar-refractivity contribution in [2.75, 3.05) is 42.1 Å². The molecule has 4 atom stereocenters. The molecule has 23 heteroatoms. The van der Waals surface area contributed by atoms with Crippen LogP contribution in [-0.2, 0) is 19.3 Å². The van der Waals surface area contributed by atoms with E-state index < -0.39 is 22.9 Å². The number of hydrogen-bond donors (Lipinski definition) is 4. The minimum Gasteiger partial charge on any atom is -0.422 e. The van der Waals surface area contributed by atoms with Gasteiger partial charge in [0.1, 0.15) is 33.9 Å². The van der Waals surface area contributed by atoms with Gasteiger partial charge in [-0.15, -0.1) is 34.0 Å². The number of imidazole rings is 2. The maximum Gasteiger partial charge on any atom is 0.347 e. The third kappa shape index (κ3) is 14.9. The normalized spacial score (nSPS) is 16.9. The summed E-state index contributed by atoms with van der Waals surface area (Å²) in [7, 11) is 0. The lowest BCUT2D eigenvalue weighted by Crippen LogP contribution is -2.54. The first-order valence-corrected chi connectivity index (χ1v) is 30.7. The van der Waals surface area contributed by atoms with Crippen molar-refractivity contribution in [3.63, 3.8) is 0 Å². The zero-order valence-electron chi connectivity index (χ0n) is 46.8. The van der Waals surface area contributed by atoms with E-state index in [4.69, 9.17) is 19.0 Å². The van der Waals surface area contributed by atoms with Crippen molar-refractivity contribution < 1.29 is 26.8 Å². The van der Waals surface area contributed by atoms with Crippen LogP contribution in [0.1, 0.15) is 73.5 Å². The minimum absolute atomic E-state index is 0.0315. The smallest absolute Gasteiger partial charge is 0.347 e. The van der Waals surface area contributed by atoms with Crippen LogP contribution < -0.4 is 43.5 Å². The van der Waals surface area contributed by atoms with Crippen LogP contribution in [0.2, 0.25) is 0 Å². The van der Waals surface area contributed by atoms with E-state index in [-0.39, 0.29) is 33.5 Å². The van der Waals surface area contributed by atoms with Crippen molar-refractivity contribution in [3.8, 4) is 22.5 Å². The highest BCUT2D eigenvalue weighted by Gasteiger charge is 2.23. The summed E-state index contributed by atoms with van der Waals surface area (Å²) >= 11 is 7.77. The van der Waals surface area contributed by atoms with Crippen LogP contribution in [0.3, 0.4) is 0 Å². The number of nitrogens with zero attached hydrogens (tertiary/aromatic N) is 6. The Bertz CT molecular complexity index is 4180. The van der Waals surface area contributed by atoms with E-state index in [1.54, 1.807) is 46.1 Å². The molecule has 2 aliphatic rings. The Labute approximate surface area is 496 Å². The molecule has 0 radical (unpaired) electrons. The summed E-state index contributed by atoms with van der Waals surface area (Å²) in [5.74, 6) is -1.28. The lowest BCUT2D eigenvalue weighted by atomic mass is 10.1. The van der Waals surface area contributed by atoms with Crippen LogP contribution in [-0.4, -0.2) is 85.2 Å². The van der Waals surface area contributed by atoms with Gasteiger partial charge in [0.05, 0.1) is 27.8 Å². The monoisotopic (exact) mass is 1250 g/mol. The average molecular weight is 1250 g/mol. The molecule has 0 saturated carbocycles. The quantitative estimate of drug-likeness (QED) is 0.0631. The van der Waals surface area contributed by atoms with Gasteiger partial charge in [-0.3, -0.25) is 13.6 Å². The highest BCUT2D eigenvalue weighted by atomic mass is 79.9. The zero-order valence-corrected chi connectivity index (χ0v) is 50.8. The Morgan fingerprint density at radius 1 is 0.627 bits per heavy atom. The molecule has 0 aliphatic carbocycles. The summed E-state index contributed by atoms with van der Waals surface area (Å²) in [5.41, 5.74) is 7.90. The number of carbonyl (C=O) groups excluding carboxylic acids is 1. The van der Waals surface area contributed by atoms with Gasteiger partial charge in [0.2, 0.25) is 0 Å². The second-order valence-corrected chi connectivity index (χ2v) is 24.1. The maximum absolute atomic E-state index is 13.2. The van der Waals surface area contributed by atoms with Gasteiger partial charge >= 0.3 is 16.9 Å². The van der Waals surface area contributed by atoms with Gasteiger partial charge in [-0.2, -0.15) is 0 Å². The molecule has 8 aromatic heterocycles. The summed E-state index contributed by atoms with van der Waals surface area (Å²) in [4.78, 5) is 68.5. The molecule has 83 heavy (non-hydrogen) atoms. The number of fused-ring (bicyclic) bond motifs is 5. The molecular weight excluding hydrogens is 1190 g/mol. The Hall–Kier alpha value is -7.25. The first kappa shape index (κ1) is 60.3. The summed E-state index contributed by atoms with van der Waals surface area (Å²) in [5, 5.41) is 13.1. The largest absolute Gasteiger partial charge is 0.422 e. The third-order valence-corrected chi connectivity index (χ3v) is 17.3. The molecule has 0 spiro atoms. The SMILES string of the molecule is CCc1cn2cc(-c3cc4ccc(F)cc4oc3=O)nc2s1.CCc1cn2cc(-c3cc4ccc(N5C[C@@H](C)N[C@@H](C)C5)cc4oc3=O)nc2s1.CCc1cnc(N)s1.C[C@@H]1CNC[C@H](C)N1.O=C(CBr)c1cc2ccc(F)cc2oc1=O. The van der Waals surface area contributed by atoms with E-state index >= 15 is 0 Å². The molecule has 0 unspecified atom stereocenters. The number of alkyl halides is 1. The molecule has 2 aliphatic heterocycles. The number of benzene rings is 3. The van der Waals surface area contributed by atoms with E-state index in [2.05, 4.69) is 112 Å². The van der Waals surface area contributed by atoms with Crippen molar-refractivity contribution in [1.82, 2.24) is 39.7 Å². The number of nitrogen functional groups attached to an aromatic ring is 1. The minimum atomic E-state index is -0.748. The summed E-state index contributed by atoms with van der Waals surface area (Å²) in [6.07, 6.45) is 12.6. The molecule has 10 heterocycles. The van der Waals surface area contributed by atoms with E-state index in [0.29, 0.717) is 68.2 Å². The number of aryl methyl sites for hydroxylation is 3. The molecule has 2 fully saturated rings. The molecule has 434 valence electrons. The number of nitrogens with one attached hydrogen (secondary N) is 3. The molecule has 2 saturated heterocycles. The number of nitrogens with two attached hydrogens (primary N) is 1. The number of carbonyl (C=O) groups is 1. The summed E-state index contributed by atoms with van der Waals surface area (Å²) in [6.45, 7) is 19.2. The van der Waals surface area contributed by atoms with E-state index in [0.717, 1.165) is 72.5 Å². The molecule has 5 N–H and O–H groups in total. The molecule has 17 nitrogen and oxygen atoms in total. The van der Waals surface area contributed by atoms with Gasteiger partial charge in [-0.1, -0.05) is 36.7 Å². The lowest BCUT2D eigenvalue weighted by Gasteiger charge is -2.37. The standard InChI is InChI=1S/C22H24N4O2S.C16H11FN2O2S.C11H6BrFO3.C6H14N2.C5H8N2S/c1-4-17-11-26-12-19(24-22(26)29-17)18-7-15-5-6-16(8-20(15)28-21(18)27)25-9-13(2)23-14(3)10-25;1-2-11-7-19-8-13(18-16(19)22-11)12-5-9-3-4-10(17)6-14(9)21-15(12)20;12-5-9(14)8-3-6-1-2-7(13)4-10(6)16-11(8)15;1-5-3-7-4-6(2)8-5;1-2-4-3-7-5(6)8-4/h5-8,11-14,23H,4,9-10H2,1-3H3;3-8H,2H2,1H3;1-4H,5H2;5-8H,3-4H2,1-2H3;3H,2H2,1H3,(H2,6,7)/t13-,14+;;;5-,6+;. The topological polar surface area (TPSA) is 221 Å². The van der Waals surface area contributed by atoms with Gasteiger partial charge in [0.15, 0.2) is 20.8 Å². The molecule has 0 amide bonds. The predicted octanol–water partition coefficient (Wildman–Crippen LogP) is 11.5. The molecular formula is C60H63BrF2N10O7S3. The van der Waals surface area contributed by atoms with Crippen LogP contribution in [0, 0.1) is 11.6 Å². The Balaban J connectivity index is 0.000000135. The first-order valence-electron chi connectivity index (χ1n) is 27.1. The van der Waals surface area contributed by atoms with Crippen molar-refractivity contribution in [2.24, 2.45) is 0 Å². The highest BCUT2D eigenvalue weighted by Crippen LogP contribution is 2.29. The number of hydrogen-bond acceptors (Lipinski definition) is 18. The van der Waals surface area contributed by atoms with Gasteiger partial charge in [-0.05, 0) is 102 Å². The second kappa shape index (κ2) is 27.0. The summed E-state index contributed by atoms with van der Waals surface area (Å²) < 4.78 is 45.7. The fourth-order valence-electron chi connectivity index (χ4n) is 9.51. The second-order valence-electron chi connectivity index (χ2n) is 20.2. The van der Waals surface area contributed by atoms with Crippen molar-refractivity contribution in [2.45, 2.75) is 91.9 Å². The fourth-order valence-corrected chi connectivity index (χ4v) is 12.2. The van der Waals surface area contributed by atoms with Crippen LogP contribution >= 0.6 is 49.9 Å². The first-order chi connectivity index (χ1) is 39.9. The number of Topliss-reactive ketones (excluding diaryl/α,β-unsaturated/α-hetero) is 1. The predicted molar refractivity (Wildman–Crippen MR) is 333 cm³/mol. The molecule has 3 aromatic carbocycles. The molecule has 11 aromatic rings.